The minimum absolute atomic E-state index is 0.219. The number of amides is 1. The van der Waals surface area contributed by atoms with Crippen LogP contribution in [0.15, 0.2) is 77.5 Å². The molecule has 12 heteroatoms. The largest absolute Gasteiger partial charge is 0.463 e. The molecule has 10 nitrogen and oxygen atoms in total. The van der Waals surface area contributed by atoms with Gasteiger partial charge in [-0.1, -0.05) is 22.9 Å². The molecule has 42 heavy (non-hydrogen) atoms. The van der Waals surface area contributed by atoms with E-state index in [0.29, 0.717) is 60.2 Å². The Hall–Kier alpha value is -4.32. The highest BCUT2D eigenvalue weighted by molar-refractivity contribution is 7.18. The van der Waals surface area contributed by atoms with Gasteiger partial charge in [0.05, 0.1) is 39.1 Å². The molecule has 1 amide bonds. The van der Waals surface area contributed by atoms with Gasteiger partial charge >= 0.3 is 0 Å². The van der Waals surface area contributed by atoms with Crippen LogP contribution in [0.4, 0.5) is 0 Å². The number of aliphatic hydroxyl groups is 1. The van der Waals surface area contributed by atoms with Crippen LogP contribution >= 0.6 is 22.9 Å². The summed E-state index contributed by atoms with van der Waals surface area (Å²) in [6.07, 6.45) is 4.71. The smallest absolute Gasteiger partial charge is 0.274 e. The number of carbonyl (C=O) groups is 1. The molecule has 1 aliphatic rings. The van der Waals surface area contributed by atoms with Crippen LogP contribution in [0, 0.1) is 6.92 Å². The zero-order valence-electron chi connectivity index (χ0n) is 22.6. The normalized spacial score (nSPS) is 17.5. The van der Waals surface area contributed by atoms with Gasteiger partial charge in [-0.05, 0) is 74.7 Å². The lowest BCUT2D eigenvalue weighted by Gasteiger charge is -2.24. The van der Waals surface area contributed by atoms with Gasteiger partial charge < -0.3 is 14.4 Å². The maximum absolute atomic E-state index is 13.7. The third kappa shape index (κ3) is 4.89. The number of halogens is 1. The van der Waals surface area contributed by atoms with Gasteiger partial charge in [0.1, 0.15) is 17.0 Å². The van der Waals surface area contributed by atoms with Crippen LogP contribution < -0.4 is 0 Å². The summed E-state index contributed by atoms with van der Waals surface area (Å²) in [5.41, 5.74) is 2.63. The summed E-state index contributed by atoms with van der Waals surface area (Å²) < 4.78 is 10.1. The number of aryl methyl sites for hydroxylation is 1. The third-order valence-corrected chi connectivity index (χ3v) is 8.76. The first-order chi connectivity index (χ1) is 20.4. The van der Waals surface area contributed by atoms with Crippen LogP contribution in [0.1, 0.15) is 40.5 Å². The van der Waals surface area contributed by atoms with E-state index in [4.69, 9.17) is 16.0 Å². The fourth-order valence-electron chi connectivity index (χ4n) is 5.41. The molecule has 5 heterocycles. The topological polar surface area (TPSA) is 115 Å². The second-order valence-electron chi connectivity index (χ2n) is 10.4. The molecule has 0 spiro atoms. The standard InChI is InChI=1S/C30H26ClN7O3S/c1-19-32-23-16-21(8-9-27(23)42-19)37-18-28(33-35-37)30(40)10-4-12-36(13-11-30)29(39)24-17-25(26-7-3-14-41-26)38(34-24)22-6-2-5-20(31)15-22/h2-3,5-9,14-18,40H,4,10-13H2,1H3. The molecular weight excluding hydrogens is 574 g/mol. The molecule has 0 bridgehead atoms. The lowest BCUT2D eigenvalue weighted by atomic mass is 9.92. The van der Waals surface area contributed by atoms with Gasteiger partial charge in [0.25, 0.3) is 5.91 Å². The average molecular weight is 600 g/mol. The summed E-state index contributed by atoms with van der Waals surface area (Å²) >= 11 is 7.88. The van der Waals surface area contributed by atoms with E-state index in [1.165, 1.54) is 0 Å². The van der Waals surface area contributed by atoms with E-state index in [-0.39, 0.29) is 11.6 Å². The molecule has 0 aliphatic carbocycles. The molecule has 2 aromatic carbocycles. The molecule has 212 valence electrons. The predicted octanol–water partition coefficient (Wildman–Crippen LogP) is 5.80. The number of carbonyl (C=O) groups excluding carboxylic acids is 1. The minimum Gasteiger partial charge on any atom is -0.463 e. The number of nitrogens with zero attached hydrogens (tertiary/aromatic N) is 7. The number of fused-ring (bicyclic) bond motifs is 1. The molecule has 0 radical (unpaired) electrons. The van der Waals surface area contributed by atoms with E-state index < -0.39 is 5.60 Å². The Morgan fingerprint density at radius 1 is 1.07 bits per heavy atom. The first-order valence-electron chi connectivity index (χ1n) is 13.6. The van der Waals surface area contributed by atoms with Crippen molar-refractivity contribution in [2.24, 2.45) is 0 Å². The van der Waals surface area contributed by atoms with Gasteiger partial charge in [0, 0.05) is 24.2 Å². The Bertz CT molecular complexity index is 1910. The third-order valence-electron chi connectivity index (χ3n) is 7.57. The van der Waals surface area contributed by atoms with E-state index in [9.17, 15) is 9.90 Å². The van der Waals surface area contributed by atoms with Crippen molar-refractivity contribution in [3.63, 3.8) is 0 Å². The number of aromatic nitrogens is 6. The highest BCUT2D eigenvalue weighted by atomic mass is 35.5. The van der Waals surface area contributed by atoms with E-state index in [2.05, 4.69) is 20.4 Å². The Balaban J connectivity index is 1.12. The zero-order valence-corrected chi connectivity index (χ0v) is 24.2. The minimum atomic E-state index is -1.21. The summed E-state index contributed by atoms with van der Waals surface area (Å²) in [6.45, 7) is 2.80. The van der Waals surface area contributed by atoms with Crippen molar-refractivity contribution in [3.05, 3.63) is 94.5 Å². The van der Waals surface area contributed by atoms with Crippen LogP contribution in [0.25, 0.3) is 33.0 Å². The van der Waals surface area contributed by atoms with Gasteiger partial charge in [-0.15, -0.1) is 16.4 Å². The Kier molecular flexibility index (Phi) is 6.64. The molecule has 7 rings (SSSR count). The molecule has 1 aliphatic heterocycles. The number of hydrogen-bond donors (Lipinski definition) is 1. The quantitative estimate of drug-likeness (QED) is 0.266. The maximum atomic E-state index is 13.7. The lowest BCUT2D eigenvalue weighted by molar-refractivity contribution is 0.0169. The van der Waals surface area contributed by atoms with Crippen LogP contribution in [0.2, 0.25) is 5.02 Å². The van der Waals surface area contributed by atoms with Crippen molar-refractivity contribution < 1.29 is 14.3 Å². The van der Waals surface area contributed by atoms with Crippen molar-refractivity contribution in [1.82, 2.24) is 34.7 Å². The fourth-order valence-corrected chi connectivity index (χ4v) is 6.40. The Labute approximate surface area is 249 Å². The van der Waals surface area contributed by atoms with Gasteiger partial charge in [0.2, 0.25) is 0 Å². The zero-order chi connectivity index (χ0) is 28.8. The SMILES string of the molecule is Cc1nc2cc(-n3cc(C4(O)CCCN(C(=O)c5cc(-c6ccco6)n(-c6cccc(Cl)c6)n5)CC4)nn3)ccc2s1. The maximum Gasteiger partial charge on any atom is 0.274 e. The summed E-state index contributed by atoms with van der Waals surface area (Å²) in [5, 5.41) is 26.5. The summed E-state index contributed by atoms with van der Waals surface area (Å²) in [6, 6.07) is 18.6. The number of thiazole rings is 1. The van der Waals surface area contributed by atoms with Gasteiger partial charge in [-0.3, -0.25) is 4.79 Å². The molecule has 1 atom stereocenters. The number of benzene rings is 2. The second kappa shape index (κ2) is 10.5. The summed E-state index contributed by atoms with van der Waals surface area (Å²) in [4.78, 5) is 20.0. The van der Waals surface area contributed by atoms with E-state index in [0.717, 1.165) is 20.9 Å². The van der Waals surface area contributed by atoms with E-state index in [1.807, 2.05) is 43.3 Å². The van der Waals surface area contributed by atoms with E-state index in [1.54, 1.807) is 62.3 Å². The van der Waals surface area contributed by atoms with Crippen molar-refractivity contribution in [3.8, 4) is 22.8 Å². The van der Waals surface area contributed by atoms with Crippen LogP contribution in [0.5, 0.6) is 0 Å². The predicted molar refractivity (Wildman–Crippen MR) is 159 cm³/mol. The fraction of sp³-hybridized carbons (Fsp3) is 0.233. The summed E-state index contributed by atoms with van der Waals surface area (Å²) in [5.74, 6) is 0.363. The number of rotatable bonds is 5. The number of hydrogen-bond acceptors (Lipinski definition) is 8. The molecule has 6 aromatic rings. The molecule has 4 aromatic heterocycles. The van der Waals surface area contributed by atoms with Gasteiger partial charge in [-0.2, -0.15) is 5.10 Å². The Morgan fingerprint density at radius 3 is 2.81 bits per heavy atom. The number of furan rings is 1. The monoisotopic (exact) mass is 599 g/mol. The second-order valence-corrected chi connectivity index (χ2v) is 12.1. The molecule has 1 unspecified atom stereocenters. The van der Waals surface area contributed by atoms with Crippen molar-refractivity contribution in [2.45, 2.75) is 31.8 Å². The van der Waals surface area contributed by atoms with Crippen molar-refractivity contribution in [2.75, 3.05) is 13.1 Å². The van der Waals surface area contributed by atoms with Crippen LogP contribution in [-0.4, -0.2) is 58.8 Å². The highest BCUT2D eigenvalue weighted by Gasteiger charge is 2.36. The molecule has 1 saturated heterocycles. The molecule has 1 fully saturated rings. The van der Waals surface area contributed by atoms with Crippen molar-refractivity contribution >= 4 is 39.1 Å². The first-order valence-corrected chi connectivity index (χ1v) is 14.8. The lowest BCUT2D eigenvalue weighted by Crippen LogP contribution is -2.34. The van der Waals surface area contributed by atoms with Crippen LogP contribution in [-0.2, 0) is 5.60 Å². The number of likely N-dealkylation sites (tertiary alicyclic amines) is 1. The van der Waals surface area contributed by atoms with Crippen molar-refractivity contribution in [1.29, 1.82) is 0 Å². The molecular formula is C30H26ClN7O3S. The highest BCUT2D eigenvalue weighted by Crippen LogP contribution is 2.33. The first kappa shape index (κ1) is 26.6. The average Bonchev–Trinajstić information content (AvgIpc) is 3.78. The molecule has 0 saturated carbocycles. The molecule has 1 N–H and O–H groups in total. The van der Waals surface area contributed by atoms with Crippen LogP contribution in [0.3, 0.4) is 0 Å². The van der Waals surface area contributed by atoms with E-state index >= 15 is 0 Å². The van der Waals surface area contributed by atoms with Gasteiger partial charge in [0.15, 0.2) is 11.5 Å². The summed E-state index contributed by atoms with van der Waals surface area (Å²) in [7, 11) is 0. The Morgan fingerprint density at radius 2 is 1.98 bits per heavy atom. The van der Waals surface area contributed by atoms with Gasteiger partial charge in [-0.25, -0.2) is 14.3 Å².